The van der Waals surface area contributed by atoms with Gasteiger partial charge in [-0.1, -0.05) is 0 Å². The van der Waals surface area contributed by atoms with Gasteiger partial charge in [0.05, 0.1) is 10.7 Å². The van der Waals surface area contributed by atoms with Crippen LogP contribution in [-0.4, -0.2) is 26.5 Å². The molecular formula is C13H16N4OS. The Hall–Kier alpha value is -1.69. The van der Waals surface area contributed by atoms with Gasteiger partial charge >= 0.3 is 0 Å². The SMILES string of the molecule is Cc1cn2c(n1)CC[C@H](NC(=O)c1csc(C)n1)C2. The van der Waals surface area contributed by atoms with Gasteiger partial charge in [0, 0.05) is 30.6 Å². The van der Waals surface area contributed by atoms with Crippen molar-refractivity contribution in [3.8, 4) is 0 Å². The van der Waals surface area contributed by atoms with E-state index in [0.717, 1.165) is 35.9 Å². The average Bonchev–Trinajstić information content (AvgIpc) is 2.93. The number of hydrogen-bond acceptors (Lipinski definition) is 4. The number of nitrogens with one attached hydrogen (secondary N) is 1. The second-order valence-electron chi connectivity index (χ2n) is 4.91. The predicted octanol–water partition coefficient (Wildman–Crippen LogP) is 1.70. The van der Waals surface area contributed by atoms with Crippen molar-refractivity contribution < 1.29 is 4.79 Å². The molecule has 1 aliphatic rings. The summed E-state index contributed by atoms with van der Waals surface area (Å²) in [5, 5.41) is 5.78. The number of carbonyl (C=O) groups is 1. The van der Waals surface area contributed by atoms with Crippen molar-refractivity contribution in [2.75, 3.05) is 0 Å². The van der Waals surface area contributed by atoms with E-state index in [1.54, 1.807) is 5.38 Å². The molecule has 1 N–H and O–H groups in total. The molecule has 0 aliphatic carbocycles. The van der Waals surface area contributed by atoms with Crippen LogP contribution in [0.25, 0.3) is 0 Å². The molecular weight excluding hydrogens is 260 g/mol. The van der Waals surface area contributed by atoms with E-state index in [9.17, 15) is 4.79 Å². The van der Waals surface area contributed by atoms with Crippen LogP contribution < -0.4 is 5.32 Å². The van der Waals surface area contributed by atoms with Crippen molar-refractivity contribution in [2.45, 2.75) is 39.3 Å². The maximum atomic E-state index is 12.1. The van der Waals surface area contributed by atoms with Crippen LogP contribution in [0.15, 0.2) is 11.6 Å². The summed E-state index contributed by atoms with van der Waals surface area (Å²) >= 11 is 1.50. The third kappa shape index (κ3) is 2.53. The fourth-order valence-electron chi connectivity index (χ4n) is 2.43. The lowest BCUT2D eigenvalue weighted by molar-refractivity contribution is 0.0923. The number of carbonyl (C=O) groups excluding carboxylic acids is 1. The second kappa shape index (κ2) is 4.77. The molecule has 1 amide bonds. The summed E-state index contributed by atoms with van der Waals surface area (Å²) in [7, 11) is 0. The van der Waals surface area contributed by atoms with Crippen molar-refractivity contribution in [1.82, 2.24) is 19.9 Å². The van der Waals surface area contributed by atoms with Crippen LogP contribution in [0.1, 0.15) is 33.4 Å². The minimum atomic E-state index is -0.0744. The van der Waals surface area contributed by atoms with Crippen LogP contribution in [0.4, 0.5) is 0 Å². The highest BCUT2D eigenvalue weighted by Crippen LogP contribution is 2.16. The standard InChI is InChI=1S/C13H16N4OS/c1-8-5-17-6-10(3-4-12(17)14-8)16-13(18)11-7-19-9(2)15-11/h5,7,10H,3-4,6H2,1-2H3,(H,16,18)/t10-/m0/s1. The Morgan fingerprint density at radius 1 is 1.47 bits per heavy atom. The normalized spacial score (nSPS) is 18.1. The van der Waals surface area contributed by atoms with Crippen LogP contribution in [0.2, 0.25) is 0 Å². The van der Waals surface area contributed by atoms with E-state index >= 15 is 0 Å². The number of thiazole rings is 1. The minimum absolute atomic E-state index is 0.0744. The number of imidazole rings is 1. The number of fused-ring (bicyclic) bond motifs is 1. The van der Waals surface area contributed by atoms with Crippen molar-refractivity contribution in [2.24, 2.45) is 0 Å². The summed E-state index contributed by atoms with van der Waals surface area (Å²) in [5.41, 5.74) is 1.56. The molecule has 100 valence electrons. The molecule has 3 rings (SSSR count). The van der Waals surface area contributed by atoms with Crippen LogP contribution in [0.3, 0.4) is 0 Å². The average molecular weight is 276 g/mol. The summed E-state index contributed by atoms with van der Waals surface area (Å²) in [5.74, 6) is 1.04. The molecule has 19 heavy (non-hydrogen) atoms. The molecule has 6 heteroatoms. The maximum absolute atomic E-state index is 12.1. The van der Waals surface area contributed by atoms with Crippen molar-refractivity contribution in [3.05, 3.63) is 33.8 Å². The van der Waals surface area contributed by atoms with Gasteiger partial charge < -0.3 is 9.88 Å². The van der Waals surface area contributed by atoms with Gasteiger partial charge in [0.2, 0.25) is 0 Å². The van der Waals surface area contributed by atoms with Crippen LogP contribution in [0.5, 0.6) is 0 Å². The quantitative estimate of drug-likeness (QED) is 0.908. The van der Waals surface area contributed by atoms with Gasteiger partial charge in [-0.05, 0) is 20.3 Å². The number of hydrogen-bond donors (Lipinski definition) is 1. The molecule has 2 aromatic heterocycles. The Balaban J connectivity index is 1.67. The maximum Gasteiger partial charge on any atom is 0.271 e. The molecule has 5 nitrogen and oxygen atoms in total. The van der Waals surface area contributed by atoms with E-state index in [2.05, 4.69) is 19.9 Å². The Kier molecular flexibility index (Phi) is 3.10. The molecule has 2 aromatic rings. The lowest BCUT2D eigenvalue weighted by Gasteiger charge is -2.24. The Labute approximate surface area is 115 Å². The number of nitrogens with zero attached hydrogens (tertiary/aromatic N) is 3. The van der Waals surface area contributed by atoms with E-state index in [-0.39, 0.29) is 11.9 Å². The van der Waals surface area contributed by atoms with Crippen LogP contribution in [0, 0.1) is 13.8 Å². The molecule has 0 saturated heterocycles. The highest BCUT2D eigenvalue weighted by molar-refractivity contribution is 7.09. The fourth-order valence-corrected chi connectivity index (χ4v) is 3.02. The number of rotatable bonds is 2. The summed E-state index contributed by atoms with van der Waals surface area (Å²) in [6.07, 6.45) is 3.89. The van der Waals surface area contributed by atoms with E-state index in [1.807, 2.05) is 20.0 Å². The molecule has 1 atom stereocenters. The minimum Gasteiger partial charge on any atom is -0.346 e. The van der Waals surface area contributed by atoms with Gasteiger partial charge in [-0.25, -0.2) is 9.97 Å². The lowest BCUT2D eigenvalue weighted by Crippen LogP contribution is -2.41. The first-order valence-electron chi connectivity index (χ1n) is 6.37. The highest BCUT2D eigenvalue weighted by atomic mass is 32.1. The Bertz CT molecular complexity index is 616. The molecule has 0 aromatic carbocycles. The van der Waals surface area contributed by atoms with Gasteiger partial charge in [0.25, 0.3) is 5.91 Å². The fraction of sp³-hybridized carbons (Fsp3) is 0.462. The molecule has 0 saturated carbocycles. The van der Waals surface area contributed by atoms with Crippen LogP contribution in [-0.2, 0) is 13.0 Å². The summed E-state index contributed by atoms with van der Waals surface area (Å²) in [6.45, 7) is 4.70. The first-order chi connectivity index (χ1) is 9.11. The molecule has 3 heterocycles. The first kappa shape index (κ1) is 12.3. The van der Waals surface area contributed by atoms with Gasteiger partial charge in [0.15, 0.2) is 0 Å². The van der Waals surface area contributed by atoms with E-state index in [4.69, 9.17) is 0 Å². The van der Waals surface area contributed by atoms with Crippen molar-refractivity contribution in [3.63, 3.8) is 0 Å². The monoisotopic (exact) mass is 276 g/mol. The smallest absolute Gasteiger partial charge is 0.271 e. The third-order valence-corrected chi connectivity index (χ3v) is 4.07. The number of amides is 1. The van der Waals surface area contributed by atoms with Crippen molar-refractivity contribution >= 4 is 17.2 Å². The van der Waals surface area contributed by atoms with E-state index in [0.29, 0.717) is 5.69 Å². The zero-order chi connectivity index (χ0) is 13.4. The molecule has 0 bridgehead atoms. The predicted molar refractivity (Wildman–Crippen MR) is 73.4 cm³/mol. The lowest BCUT2D eigenvalue weighted by atomic mass is 10.1. The van der Waals surface area contributed by atoms with E-state index < -0.39 is 0 Å². The Morgan fingerprint density at radius 3 is 3.05 bits per heavy atom. The largest absolute Gasteiger partial charge is 0.346 e. The summed E-state index contributed by atoms with van der Waals surface area (Å²) in [4.78, 5) is 20.7. The zero-order valence-corrected chi connectivity index (χ0v) is 11.8. The van der Waals surface area contributed by atoms with Gasteiger partial charge in [-0.15, -0.1) is 11.3 Å². The summed E-state index contributed by atoms with van der Waals surface area (Å²) < 4.78 is 2.13. The van der Waals surface area contributed by atoms with Crippen molar-refractivity contribution in [1.29, 1.82) is 0 Å². The topological polar surface area (TPSA) is 59.8 Å². The van der Waals surface area contributed by atoms with Gasteiger partial charge in [-0.3, -0.25) is 4.79 Å². The summed E-state index contributed by atoms with van der Waals surface area (Å²) in [6, 6.07) is 0.163. The molecule has 0 radical (unpaired) electrons. The molecule has 1 aliphatic heterocycles. The first-order valence-corrected chi connectivity index (χ1v) is 7.25. The molecule has 0 fully saturated rings. The molecule has 0 unspecified atom stereocenters. The zero-order valence-electron chi connectivity index (χ0n) is 11.0. The van der Waals surface area contributed by atoms with E-state index in [1.165, 1.54) is 11.3 Å². The third-order valence-electron chi connectivity index (χ3n) is 3.30. The number of aryl methyl sites for hydroxylation is 3. The molecule has 0 spiro atoms. The highest BCUT2D eigenvalue weighted by Gasteiger charge is 2.22. The van der Waals surface area contributed by atoms with Crippen LogP contribution >= 0.6 is 11.3 Å². The second-order valence-corrected chi connectivity index (χ2v) is 5.97. The van der Waals surface area contributed by atoms with Gasteiger partial charge in [-0.2, -0.15) is 0 Å². The van der Waals surface area contributed by atoms with Gasteiger partial charge in [0.1, 0.15) is 11.5 Å². The number of aromatic nitrogens is 3. The Morgan fingerprint density at radius 2 is 2.32 bits per heavy atom.